The molecule has 0 aliphatic heterocycles. The van der Waals surface area contributed by atoms with Crippen molar-refractivity contribution in [3.63, 3.8) is 0 Å². The zero-order valence-corrected chi connectivity index (χ0v) is 15.1. The van der Waals surface area contributed by atoms with Gasteiger partial charge in [-0.05, 0) is 42.5 Å². The summed E-state index contributed by atoms with van der Waals surface area (Å²) >= 11 is 0. The Morgan fingerprint density at radius 2 is 1.88 bits per heavy atom. The van der Waals surface area contributed by atoms with Crippen LogP contribution in [0.2, 0.25) is 0 Å². The van der Waals surface area contributed by atoms with Gasteiger partial charge in [-0.3, -0.25) is 0 Å². The van der Waals surface area contributed by atoms with Crippen LogP contribution in [-0.4, -0.2) is 26.7 Å². The van der Waals surface area contributed by atoms with Crippen LogP contribution in [0.5, 0.6) is 5.75 Å². The van der Waals surface area contributed by atoms with Gasteiger partial charge in [-0.1, -0.05) is 20.8 Å². The molecule has 0 unspecified atom stereocenters. The van der Waals surface area contributed by atoms with Crippen molar-refractivity contribution >= 4 is 5.78 Å². The Morgan fingerprint density at radius 3 is 2.60 bits per heavy atom. The van der Waals surface area contributed by atoms with E-state index in [-0.39, 0.29) is 10.8 Å². The van der Waals surface area contributed by atoms with Crippen molar-refractivity contribution in [2.24, 2.45) is 5.41 Å². The molecule has 0 radical (unpaired) electrons. The third kappa shape index (κ3) is 1.76. The quantitative estimate of drug-likeness (QED) is 0.711. The average molecular weight is 334 g/mol. The molecule has 2 atom stereocenters. The lowest BCUT2D eigenvalue weighted by molar-refractivity contribution is 0.226. The number of hydrogen-bond acceptors (Lipinski definition) is 4. The highest BCUT2D eigenvalue weighted by Gasteiger charge is 2.61. The van der Waals surface area contributed by atoms with Crippen LogP contribution in [0, 0.1) is 5.41 Å². The van der Waals surface area contributed by atoms with E-state index in [9.17, 15) is 0 Å². The summed E-state index contributed by atoms with van der Waals surface area (Å²) < 4.78 is 7.08. The highest BCUT2D eigenvalue weighted by atomic mass is 16.5. The average Bonchev–Trinajstić information content (AvgIpc) is 3.17. The maximum absolute atomic E-state index is 5.23. The van der Waals surface area contributed by atoms with Gasteiger partial charge >= 0.3 is 0 Å². The molecule has 128 valence electrons. The summed E-state index contributed by atoms with van der Waals surface area (Å²) in [5, 5.41) is 4.95. The predicted octanol–water partition coefficient (Wildman–Crippen LogP) is 3.97. The Hall–Kier alpha value is -2.43. The van der Waals surface area contributed by atoms with Gasteiger partial charge in [0.2, 0.25) is 0 Å². The fourth-order valence-corrected chi connectivity index (χ4v) is 4.77. The van der Waals surface area contributed by atoms with E-state index in [1.165, 1.54) is 18.5 Å². The SMILES string of the molecule is COc1ccc(-c2cn3nc4c(nc3n2)[C@H]2CC[C@]4(C)C2(C)C)cc1. The van der Waals surface area contributed by atoms with Crippen LogP contribution in [-0.2, 0) is 5.41 Å². The van der Waals surface area contributed by atoms with E-state index in [0.717, 1.165) is 22.7 Å². The number of rotatable bonds is 2. The largest absolute Gasteiger partial charge is 0.497 e. The molecule has 1 fully saturated rings. The second-order valence-corrected chi connectivity index (χ2v) is 8.09. The molecule has 0 amide bonds. The summed E-state index contributed by atoms with van der Waals surface area (Å²) in [6, 6.07) is 7.93. The number of imidazole rings is 1. The molecule has 25 heavy (non-hydrogen) atoms. The van der Waals surface area contributed by atoms with Crippen molar-refractivity contribution in [2.45, 2.75) is 44.9 Å². The Balaban J connectivity index is 1.64. The molecule has 1 saturated carbocycles. The number of nitrogens with zero attached hydrogens (tertiary/aromatic N) is 4. The van der Waals surface area contributed by atoms with Gasteiger partial charge in [0.25, 0.3) is 5.78 Å². The first-order valence-corrected chi connectivity index (χ1v) is 8.86. The summed E-state index contributed by atoms with van der Waals surface area (Å²) in [5.41, 5.74) is 4.59. The van der Waals surface area contributed by atoms with Crippen molar-refractivity contribution in [1.82, 2.24) is 19.6 Å². The third-order valence-electron chi connectivity index (χ3n) is 6.81. The molecule has 2 aromatic heterocycles. The maximum atomic E-state index is 5.23. The van der Waals surface area contributed by atoms with Gasteiger partial charge in [-0.15, -0.1) is 0 Å². The number of benzene rings is 1. The molecule has 2 bridgehead atoms. The minimum atomic E-state index is 0.110. The van der Waals surface area contributed by atoms with Gasteiger partial charge in [-0.25, -0.2) is 14.5 Å². The van der Waals surface area contributed by atoms with E-state index in [4.69, 9.17) is 19.8 Å². The van der Waals surface area contributed by atoms with E-state index in [0.29, 0.717) is 11.7 Å². The van der Waals surface area contributed by atoms with Crippen LogP contribution in [0.1, 0.15) is 50.9 Å². The fraction of sp³-hybridized carbons (Fsp3) is 0.450. The fourth-order valence-electron chi connectivity index (χ4n) is 4.77. The van der Waals surface area contributed by atoms with Crippen molar-refractivity contribution < 1.29 is 4.74 Å². The highest BCUT2D eigenvalue weighted by Crippen LogP contribution is 2.66. The van der Waals surface area contributed by atoms with Crippen LogP contribution in [0.25, 0.3) is 17.0 Å². The minimum Gasteiger partial charge on any atom is -0.497 e. The van der Waals surface area contributed by atoms with Crippen LogP contribution < -0.4 is 4.74 Å². The smallest absolute Gasteiger partial charge is 0.251 e. The van der Waals surface area contributed by atoms with Gasteiger partial charge < -0.3 is 4.74 Å². The molecule has 0 spiro atoms. The topological polar surface area (TPSA) is 52.3 Å². The Labute approximate surface area is 147 Å². The Morgan fingerprint density at radius 1 is 1.12 bits per heavy atom. The van der Waals surface area contributed by atoms with Crippen LogP contribution in [0.15, 0.2) is 30.5 Å². The maximum Gasteiger partial charge on any atom is 0.251 e. The summed E-state index contributed by atoms with van der Waals surface area (Å²) in [6.07, 6.45) is 4.37. The van der Waals surface area contributed by atoms with E-state index in [1.54, 1.807) is 7.11 Å². The summed E-state index contributed by atoms with van der Waals surface area (Å²) in [6.45, 7) is 7.07. The summed E-state index contributed by atoms with van der Waals surface area (Å²) in [4.78, 5) is 9.64. The highest BCUT2D eigenvalue weighted by molar-refractivity contribution is 5.62. The molecule has 1 aromatic carbocycles. The second kappa shape index (κ2) is 4.59. The first-order chi connectivity index (χ1) is 11.9. The summed E-state index contributed by atoms with van der Waals surface area (Å²) in [5.74, 6) is 2.03. The molecule has 2 aliphatic carbocycles. The zero-order valence-electron chi connectivity index (χ0n) is 15.1. The first-order valence-electron chi connectivity index (χ1n) is 8.86. The third-order valence-corrected chi connectivity index (χ3v) is 6.81. The number of fused-ring (bicyclic) bond motifs is 6. The molecule has 5 nitrogen and oxygen atoms in total. The van der Waals surface area contributed by atoms with E-state index >= 15 is 0 Å². The second-order valence-electron chi connectivity index (χ2n) is 8.09. The van der Waals surface area contributed by atoms with Crippen molar-refractivity contribution in [3.8, 4) is 17.0 Å². The standard InChI is InChI=1S/C20H22N4O/c1-19(2)14-9-10-20(19,3)17-16(14)22-18-21-15(11-24(18)23-17)12-5-7-13(25-4)8-6-12/h5-8,11,14H,9-10H2,1-4H3/t14-,20+/m1/s1. The lowest BCUT2D eigenvalue weighted by Crippen LogP contribution is -2.32. The van der Waals surface area contributed by atoms with Crippen LogP contribution >= 0.6 is 0 Å². The lowest BCUT2D eigenvalue weighted by Gasteiger charge is -2.33. The minimum absolute atomic E-state index is 0.110. The van der Waals surface area contributed by atoms with Crippen LogP contribution in [0.4, 0.5) is 0 Å². The molecular formula is C20H22N4O. The van der Waals surface area contributed by atoms with Crippen molar-refractivity contribution in [3.05, 3.63) is 41.9 Å². The van der Waals surface area contributed by atoms with Crippen molar-refractivity contribution in [1.29, 1.82) is 0 Å². The molecule has 0 saturated heterocycles. The van der Waals surface area contributed by atoms with E-state index in [2.05, 4.69) is 20.8 Å². The number of ether oxygens (including phenoxy) is 1. The summed E-state index contributed by atoms with van der Waals surface area (Å²) in [7, 11) is 1.67. The van der Waals surface area contributed by atoms with Gasteiger partial charge in [0, 0.05) is 16.9 Å². The Bertz CT molecular complexity index is 989. The molecule has 2 heterocycles. The number of aromatic nitrogens is 4. The lowest BCUT2D eigenvalue weighted by atomic mass is 9.70. The molecule has 2 aliphatic rings. The molecule has 5 heteroatoms. The number of hydrogen-bond donors (Lipinski definition) is 0. The normalized spacial score (nSPS) is 26.2. The Kier molecular flexibility index (Phi) is 2.73. The molecule has 3 aromatic rings. The van der Waals surface area contributed by atoms with Gasteiger partial charge in [0.15, 0.2) is 0 Å². The number of methoxy groups -OCH3 is 1. The van der Waals surface area contributed by atoms with Gasteiger partial charge in [0.1, 0.15) is 5.75 Å². The van der Waals surface area contributed by atoms with Gasteiger partial charge in [-0.2, -0.15) is 5.10 Å². The molecule has 0 N–H and O–H groups in total. The zero-order chi connectivity index (χ0) is 17.4. The molecule has 5 rings (SSSR count). The van der Waals surface area contributed by atoms with Crippen LogP contribution in [0.3, 0.4) is 0 Å². The van der Waals surface area contributed by atoms with Gasteiger partial charge in [0.05, 0.1) is 30.4 Å². The molecular weight excluding hydrogens is 312 g/mol. The van der Waals surface area contributed by atoms with E-state index in [1.807, 2.05) is 35.0 Å². The first kappa shape index (κ1) is 14.9. The monoisotopic (exact) mass is 334 g/mol. The van der Waals surface area contributed by atoms with E-state index < -0.39 is 0 Å². The predicted molar refractivity (Wildman–Crippen MR) is 95.9 cm³/mol. The van der Waals surface area contributed by atoms with Crippen molar-refractivity contribution in [2.75, 3.05) is 7.11 Å².